The van der Waals surface area contributed by atoms with Crippen molar-refractivity contribution < 1.29 is 14.0 Å². The van der Waals surface area contributed by atoms with E-state index in [1.807, 2.05) is 47.4 Å². The van der Waals surface area contributed by atoms with E-state index in [2.05, 4.69) is 11.4 Å². The minimum Gasteiger partial charge on any atom is -0.355 e. The second-order valence-corrected chi connectivity index (χ2v) is 9.17. The van der Waals surface area contributed by atoms with Crippen molar-refractivity contribution in [2.24, 2.45) is 11.8 Å². The third kappa shape index (κ3) is 5.04. The van der Waals surface area contributed by atoms with Crippen LogP contribution in [-0.2, 0) is 21.4 Å². The van der Waals surface area contributed by atoms with E-state index < -0.39 is 17.3 Å². The van der Waals surface area contributed by atoms with Crippen molar-refractivity contribution in [1.29, 1.82) is 5.26 Å². The molecule has 2 amide bonds. The van der Waals surface area contributed by atoms with Crippen LogP contribution in [0.25, 0.3) is 0 Å². The van der Waals surface area contributed by atoms with Crippen LogP contribution in [0.4, 0.5) is 4.39 Å². The normalized spacial score (nSPS) is 21.5. The molecule has 0 spiro atoms. The number of carbonyl (C=O) groups is 2. The molecule has 1 aliphatic heterocycles. The summed E-state index contributed by atoms with van der Waals surface area (Å²) in [5.41, 5.74) is 0.984. The molecule has 1 fully saturated rings. The molecular formula is C28H30FN3O2. The molecular weight excluding hydrogens is 429 g/mol. The maximum Gasteiger partial charge on any atom is 0.226 e. The molecule has 1 N–H and O–H groups in total. The van der Waals surface area contributed by atoms with Crippen LogP contribution in [-0.4, -0.2) is 36.3 Å². The lowest BCUT2D eigenvalue weighted by Crippen LogP contribution is -2.49. The number of hydrogen-bond acceptors (Lipinski definition) is 3. The van der Waals surface area contributed by atoms with Crippen molar-refractivity contribution in [2.45, 2.75) is 37.5 Å². The van der Waals surface area contributed by atoms with Gasteiger partial charge in [-0.05, 0) is 49.3 Å². The van der Waals surface area contributed by atoms with E-state index in [1.54, 1.807) is 18.2 Å². The fraction of sp³-hybridized carbons (Fsp3) is 0.393. The van der Waals surface area contributed by atoms with Crippen molar-refractivity contribution in [1.82, 2.24) is 10.2 Å². The van der Waals surface area contributed by atoms with Crippen molar-refractivity contribution in [3.05, 3.63) is 83.7 Å². The Balaban J connectivity index is 1.36. The number of allylic oxidation sites excluding steroid dienone is 2. The highest BCUT2D eigenvalue weighted by atomic mass is 19.1. The fourth-order valence-electron chi connectivity index (χ4n) is 5.10. The lowest BCUT2D eigenvalue weighted by Gasteiger charge is -2.40. The molecule has 2 aliphatic rings. The Morgan fingerprint density at radius 1 is 1.00 bits per heavy atom. The number of carbonyl (C=O) groups excluding carboxylic acids is 2. The number of rotatable bonds is 6. The minimum absolute atomic E-state index is 0.0156. The molecule has 2 aromatic rings. The van der Waals surface area contributed by atoms with Gasteiger partial charge in [0.1, 0.15) is 5.82 Å². The van der Waals surface area contributed by atoms with E-state index in [4.69, 9.17) is 0 Å². The first kappa shape index (κ1) is 23.7. The molecule has 0 saturated carbocycles. The fourth-order valence-corrected chi connectivity index (χ4v) is 5.10. The zero-order valence-electron chi connectivity index (χ0n) is 19.3. The van der Waals surface area contributed by atoms with Gasteiger partial charge in [0.2, 0.25) is 11.8 Å². The van der Waals surface area contributed by atoms with Crippen LogP contribution < -0.4 is 5.32 Å². The molecule has 1 saturated heterocycles. The standard InChI is InChI=1S/C28H30FN3O2/c29-25-13-7-4-8-21(25)14-17-31-26(33)23-11-5-6-12-24(23)27(34)32-18-15-28(20-30,16-19-32)22-9-2-1-3-10-22/h1-10,13,23-24H,11-12,14-19H2,(H,31,33). The summed E-state index contributed by atoms with van der Waals surface area (Å²) in [5, 5.41) is 12.8. The number of amides is 2. The van der Waals surface area contributed by atoms with Crippen molar-refractivity contribution in [2.75, 3.05) is 19.6 Å². The maximum absolute atomic E-state index is 13.8. The number of nitrogens with one attached hydrogen (secondary N) is 1. The summed E-state index contributed by atoms with van der Waals surface area (Å²) in [4.78, 5) is 28.2. The molecule has 0 aromatic heterocycles. The van der Waals surface area contributed by atoms with Crippen LogP contribution in [0.1, 0.15) is 36.8 Å². The van der Waals surface area contributed by atoms with Crippen molar-refractivity contribution in [3.8, 4) is 6.07 Å². The third-order valence-electron chi connectivity index (χ3n) is 7.21. The third-order valence-corrected chi connectivity index (χ3v) is 7.21. The molecule has 2 unspecified atom stereocenters. The molecule has 0 bridgehead atoms. The number of halogens is 1. The van der Waals surface area contributed by atoms with Gasteiger partial charge >= 0.3 is 0 Å². The summed E-state index contributed by atoms with van der Waals surface area (Å²) in [6, 6.07) is 18.8. The predicted molar refractivity (Wildman–Crippen MR) is 128 cm³/mol. The van der Waals surface area contributed by atoms with Gasteiger partial charge in [0, 0.05) is 19.6 Å². The second-order valence-electron chi connectivity index (χ2n) is 9.17. The molecule has 1 heterocycles. The zero-order chi connectivity index (χ0) is 24.0. The number of benzene rings is 2. The maximum atomic E-state index is 13.8. The number of nitrogens with zero attached hydrogens (tertiary/aromatic N) is 2. The summed E-state index contributed by atoms with van der Waals surface area (Å²) in [7, 11) is 0. The SMILES string of the molecule is N#CC1(c2ccccc2)CCN(C(=O)C2CC=CCC2C(=O)NCCc2ccccc2F)CC1. The first-order valence-corrected chi connectivity index (χ1v) is 12.0. The van der Waals surface area contributed by atoms with Crippen LogP contribution in [0.3, 0.4) is 0 Å². The molecule has 6 heteroatoms. The van der Waals surface area contributed by atoms with E-state index in [0.717, 1.165) is 5.56 Å². The summed E-state index contributed by atoms with van der Waals surface area (Å²) in [6.07, 6.45) is 6.55. The van der Waals surface area contributed by atoms with Gasteiger partial charge in [0.15, 0.2) is 0 Å². The molecule has 0 radical (unpaired) electrons. The largest absolute Gasteiger partial charge is 0.355 e. The molecule has 5 nitrogen and oxygen atoms in total. The smallest absolute Gasteiger partial charge is 0.226 e. The average Bonchev–Trinajstić information content (AvgIpc) is 2.90. The highest BCUT2D eigenvalue weighted by molar-refractivity contribution is 5.88. The van der Waals surface area contributed by atoms with Crippen LogP contribution in [0.5, 0.6) is 0 Å². The first-order valence-electron chi connectivity index (χ1n) is 12.0. The van der Waals surface area contributed by atoms with Gasteiger partial charge < -0.3 is 10.2 Å². The highest BCUT2D eigenvalue weighted by Crippen LogP contribution is 2.36. The highest BCUT2D eigenvalue weighted by Gasteiger charge is 2.41. The minimum atomic E-state index is -0.575. The topological polar surface area (TPSA) is 73.2 Å². The van der Waals surface area contributed by atoms with E-state index in [1.165, 1.54) is 6.07 Å². The van der Waals surface area contributed by atoms with Crippen molar-refractivity contribution >= 4 is 11.8 Å². The Morgan fingerprint density at radius 3 is 2.32 bits per heavy atom. The van der Waals surface area contributed by atoms with Gasteiger partial charge in [-0.2, -0.15) is 5.26 Å². The van der Waals surface area contributed by atoms with Crippen LogP contribution in [0.15, 0.2) is 66.7 Å². The van der Waals surface area contributed by atoms with Gasteiger partial charge in [-0.1, -0.05) is 60.7 Å². The summed E-state index contributed by atoms with van der Waals surface area (Å²) >= 11 is 0. The first-order chi connectivity index (χ1) is 16.5. The van der Waals surface area contributed by atoms with Gasteiger partial charge in [-0.25, -0.2) is 4.39 Å². The summed E-state index contributed by atoms with van der Waals surface area (Å²) in [5.74, 6) is -1.30. The quantitative estimate of drug-likeness (QED) is 0.660. The van der Waals surface area contributed by atoms with Gasteiger partial charge in [-0.15, -0.1) is 0 Å². The van der Waals surface area contributed by atoms with Gasteiger partial charge in [0.05, 0.1) is 23.3 Å². The van der Waals surface area contributed by atoms with E-state index in [0.29, 0.717) is 57.3 Å². The lowest BCUT2D eigenvalue weighted by molar-refractivity contribution is -0.143. The zero-order valence-corrected chi connectivity index (χ0v) is 19.3. The molecule has 176 valence electrons. The Kier molecular flexibility index (Phi) is 7.42. The van der Waals surface area contributed by atoms with Crippen LogP contribution in [0.2, 0.25) is 0 Å². The molecule has 2 aromatic carbocycles. The number of piperidine rings is 1. The molecule has 34 heavy (non-hydrogen) atoms. The Morgan fingerprint density at radius 2 is 1.65 bits per heavy atom. The number of hydrogen-bond donors (Lipinski definition) is 1. The van der Waals surface area contributed by atoms with E-state index in [9.17, 15) is 19.2 Å². The Hall–Kier alpha value is -3.46. The van der Waals surface area contributed by atoms with E-state index >= 15 is 0 Å². The average molecular weight is 460 g/mol. The Bertz CT molecular complexity index is 1080. The van der Waals surface area contributed by atoms with Crippen molar-refractivity contribution in [3.63, 3.8) is 0 Å². The Labute approximate surface area is 200 Å². The molecule has 2 atom stereocenters. The summed E-state index contributed by atoms with van der Waals surface area (Å²) in [6.45, 7) is 1.33. The number of nitriles is 1. The lowest BCUT2D eigenvalue weighted by atomic mass is 9.73. The summed E-state index contributed by atoms with van der Waals surface area (Å²) < 4.78 is 13.8. The number of likely N-dealkylation sites (tertiary alicyclic amines) is 1. The monoisotopic (exact) mass is 459 g/mol. The predicted octanol–water partition coefficient (Wildman–Crippen LogP) is 4.15. The second kappa shape index (κ2) is 10.6. The molecule has 4 rings (SSSR count). The van der Waals surface area contributed by atoms with Crippen LogP contribution in [0, 0.1) is 29.0 Å². The van der Waals surface area contributed by atoms with Gasteiger partial charge in [-0.3, -0.25) is 9.59 Å². The van der Waals surface area contributed by atoms with Gasteiger partial charge in [0.25, 0.3) is 0 Å². The van der Waals surface area contributed by atoms with E-state index in [-0.39, 0.29) is 17.6 Å². The van der Waals surface area contributed by atoms with Crippen LogP contribution >= 0.6 is 0 Å². The molecule has 1 aliphatic carbocycles.